The SMILES string of the molecule is COc1ccc(-c2[nH]ncc2C(=O)N[C@@H](CCSC)c2nnc3ccccn23)cc1. The molecule has 30 heavy (non-hydrogen) atoms. The summed E-state index contributed by atoms with van der Waals surface area (Å²) in [5.41, 5.74) is 2.73. The third kappa shape index (κ3) is 4.02. The summed E-state index contributed by atoms with van der Waals surface area (Å²) in [7, 11) is 1.62. The van der Waals surface area contributed by atoms with Crippen LogP contribution in [-0.2, 0) is 0 Å². The van der Waals surface area contributed by atoms with Gasteiger partial charge in [-0.2, -0.15) is 16.9 Å². The minimum Gasteiger partial charge on any atom is -0.497 e. The Morgan fingerprint density at radius 1 is 1.23 bits per heavy atom. The fraction of sp³-hybridized carbons (Fsp3) is 0.238. The molecule has 8 nitrogen and oxygen atoms in total. The molecule has 0 saturated heterocycles. The van der Waals surface area contributed by atoms with Gasteiger partial charge in [0.05, 0.1) is 30.6 Å². The summed E-state index contributed by atoms with van der Waals surface area (Å²) >= 11 is 1.72. The standard InChI is InChI=1S/C21H22N6O2S/c1-29-15-8-6-14(7-9-15)19-16(13-22-25-19)21(28)23-17(10-12-30-2)20-26-24-18-5-3-4-11-27(18)20/h3-9,11,13,17H,10,12H2,1-2H3,(H,22,25)(H,23,28)/t17-/m0/s1. The van der Waals surface area contributed by atoms with Crippen LogP contribution in [-0.4, -0.2) is 49.8 Å². The normalized spacial score (nSPS) is 12.1. The number of methoxy groups -OCH3 is 1. The van der Waals surface area contributed by atoms with E-state index in [4.69, 9.17) is 4.74 Å². The molecule has 1 aromatic carbocycles. The first kappa shape index (κ1) is 20.0. The summed E-state index contributed by atoms with van der Waals surface area (Å²) < 4.78 is 7.12. The predicted molar refractivity (Wildman–Crippen MR) is 117 cm³/mol. The van der Waals surface area contributed by atoms with Crippen LogP contribution in [0.5, 0.6) is 5.75 Å². The van der Waals surface area contributed by atoms with Crippen LogP contribution in [0.4, 0.5) is 0 Å². The topological polar surface area (TPSA) is 97.2 Å². The van der Waals surface area contributed by atoms with Gasteiger partial charge in [-0.3, -0.25) is 14.3 Å². The smallest absolute Gasteiger partial charge is 0.255 e. The summed E-state index contributed by atoms with van der Waals surface area (Å²) in [5.74, 6) is 2.12. The number of fused-ring (bicyclic) bond motifs is 1. The van der Waals surface area contributed by atoms with Gasteiger partial charge in [-0.25, -0.2) is 0 Å². The Bertz CT molecular complexity index is 1140. The summed E-state index contributed by atoms with van der Waals surface area (Å²) in [6.45, 7) is 0. The maximum absolute atomic E-state index is 13.2. The highest BCUT2D eigenvalue weighted by Crippen LogP contribution is 2.25. The van der Waals surface area contributed by atoms with Gasteiger partial charge in [0, 0.05) is 11.8 Å². The lowest BCUT2D eigenvalue weighted by Crippen LogP contribution is -2.30. The quantitative estimate of drug-likeness (QED) is 0.452. The van der Waals surface area contributed by atoms with E-state index < -0.39 is 0 Å². The number of thioether (sulfide) groups is 1. The van der Waals surface area contributed by atoms with Crippen molar-refractivity contribution in [1.82, 2.24) is 30.1 Å². The molecular weight excluding hydrogens is 400 g/mol. The summed E-state index contributed by atoms with van der Waals surface area (Å²) in [6.07, 6.45) is 6.23. The third-order valence-corrected chi connectivity index (χ3v) is 5.47. The monoisotopic (exact) mass is 422 g/mol. The van der Waals surface area contributed by atoms with Crippen molar-refractivity contribution in [1.29, 1.82) is 0 Å². The van der Waals surface area contributed by atoms with Gasteiger partial charge in [0.2, 0.25) is 0 Å². The average Bonchev–Trinajstić information content (AvgIpc) is 3.44. The second kappa shape index (κ2) is 9.00. The highest BCUT2D eigenvalue weighted by Gasteiger charge is 2.23. The van der Waals surface area contributed by atoms with Crippen LogP contribution >= 0.6 is 11.8 Å². The van der Waals surface area contributed by atoms with Crippen molar-refractivity contribution in [2.24, 2.45) is 0 Å². The van der Waals surface area contributed by atoms with Crippen LogP contribution in [0.25, 0.3) is 16.9 Å². The van der Waals surface area contributed by atoms with E-state index in [9.17, 15) is 4.79 Å². The first-order valence-electron chi connectivity index (χ1n) is 9.48. The zero-order valence-corrected chi connectivity index (χ0v) is 17.5. The second-order valence-electron chi connectivity index (χ2n) is 6.68. The lowest BCUT2D eigenvalue weighted by molar-refractivity contribution is 0.0934. The zero-order chi connectivity index (χ0) is 20.9. The number of nitrogens with one attached hydrogen (secondary N) is 2. The molecule has 0 spiro atoms. The minimum atomic E-state index is -0.277. The Morgan fingerprint density at radius 3 is 2.83 bits per heavy atom. The van der Waals surface area contributed by atoms with Gasteiger partial charge in [-0.05, 0) is 54.8 Å². The minimum absolute atomic E-state index is 0.214. The number of aromatic amines is 1. The van der Waals surface area contributed by atoms with Crippen molar-refractivity contribution >= 4 is 23.3 Å². The Labute approximate surface area is 178 Å². The molecule has 0 fully saturated rings. The lowest BCUT2D eigenvalue weighted by atomic mass is 10.1. The number of ether oxygens (including phenoxy) is 1. The molecule has 0 aliphatic heterocycles. The van der Waals surface area contributed by atoms with Crippen molar-refractivity contribution < 1.29 is 9.53 Å². The number of H-pyrrole nitrogens is 1. The number of hydrogen-bond acceptors (Lipinski definition) is 6. The molecule has 1 atom stereocenters. The maximum Gasteiger partial charge on any atom is 0.255 e. The largest absolute Gasteiger partial charge is 0.497 e. The number of hydrogen-bond donors (Lipinski definition) is 2. The summed E-state index contributed by atoms with van der Waals surface area (Å²) in [4.78, 5) is 13.2. The molecule has 2 N–H and O–H groups in total. The van der Waals surface area contributed by atoms with Crippen molar-refractivity contribution in [2.45, 2.75) is 12.5 Å². The van der Waals surface area contributed by atoms with Crippen molar-refractivity contribution in [3.05, 3.63) is 66.2 Å². The van der Waals surface area contributed by atoms with Gasteiger partial charge in [0.15, 0.2) is 11.5 Å². The van der Waals surface area contributed by atoms with Crippen molar-refractivity contribution in [2.75, 3.05) is 19.1 Å². The Balaban J connectivity index is 1.61. The van der Waals surface area contributed by atoms with Crippen LogP contribution < -0.4 is 10.1 Å². The molecule has 1 amide bonds. The number of pyridine rings is 1. The van der Waals surface area contributed by atoms with E-state index in [-0.39, 0.29) is 11.9 Å². The van der Waals surface area contributed by atoms with E-state index in [0.29, 0.717) is 17.1 Å². The summed E-state index contributed by atoms with van der Waals surface area (Å²) in [5, 5.41) is 18.7. The van der Waals surface area contributed by atoms with E-state index in [0.717, 1.165) is 29.1 Å². The zero-order valence-electron chi connectivity index (χ0n) is 16.7. The van der Waals surface area contributed by atoms with Crippen LogP contribution in [0.2, 0.25) is 0 Å². The van der Waals surface area contributed by atoms with Gasteiger partial charge >= 0.3 is 0 Å². The van der Waals surface area contributed by atoms with Gasteiger partial charge in [-0.1, -0.05) is 6.07 Å². The molecule has 0 radical (unpaired) electrons. The number of carbonyl (C=O) groups excluding carboxylic acids is 1. The number of carbonyl (C=O) groups is 1. The average molecular weight is 423 g/mol. The number of nitrogens with zero attached hydrogens (tertiary/aromatic N) is 4. The molecule has 0 aliphatic rings. The molecule has 3 aromatic heterocycles. The van der Waals surface area contributed by atoms with E-state index in [2.05, 4.69) is 25.7 Å². The Morgan fingerprint density at radius 2 is 2.07 bits per heavy atom. The van der Waals surface area contributed by atoms with E-state index >= 15 is 0 Å². The number of amides is 1. The second-order valence-corrected chi connectivity index (χ2v) is 7.67. The van der Waals surface area contributed by atoms with Crippen LogP contribution in [0.3, 0.4) is 0 Å². The van der Waals surface area contributed by atoms with E-state index in [1.54, 1.807) is 25.1 Å². The van der Waals surface area contributed by atoms with Gasteiger partial charge in [0.25, 0.3) is 5.91 Å². The lowest BCUT2D eigenvalue weighted by Gasteiger charge is -2.17. The number of aromatic nitrogens is 5. The molecule has 0 bridgehead atoms. The van der Waals surface area contributed by atoms with E-state index in [1.165, 1.54) is 0 Å². The van der Waals surface area contributed by atoms with Crippen molar-refractivity contribution in [3.63, 3.8) is 0 Å². The first-order chi connectivity index (χ1) is 14.7. The number of rotatable bonds is 8. The van der Waals surface area contributed by atoms with Gasteiger partial charge < -0.3 is 10.1 Å². The van der Waals surface area contributed by atoms with Crippen LogP contribution in [0, 0.1) is 0 Å². The molecule has 0 saturated carbocycles. The van der Waals surface area contributed by atoms with Gasteiger partial charge in [-0.15, -0.1) is 10.2 Å². The molecule has 0 aliphatic carbocycles. The fourth-order valence-corrected chi connectivity index (χ4v) is 3.74. The molecular formula is C21H22N6O2S. The first-order valence-corrected chi connectivity index (χ1v) is 10.9. The fourth-order valence-electron chi connectivity index (χ4n) is 3.27. The molecule has 3 heterocycles. The Kier molecular flexibility index (Phi) is 5.99. The highest BCUT2D eigenvalue weighted by atomic mass is 32.2. The molecule has 154 valence electrons. The molecule has 9 heteroatoms. The van der Waals surface area contributed by atoms with Crippen LogP contribution in [0.1, 0.15) is 28.6 Å². The molecule has 4 rings (SSSR count). The van der Waals surface area contributed by atoms with Crippen LogP contribution in [0.15, 0.2) is 54.9 Å². The molecule has 0 unspecified atom stereocenters. The molecule has 4 aromatic rings. The van der Waals surface area contributed by atoms with Crippen molar-refractivity contribution in [3.8, 4) is 17.0 Å². The Hall–Kier alpha value is -3.33. The maximum atomic E-state index is 13.2. The third-order valence-electron chi connectivity index (χ3n) is 4.83. The highest BCUT2D eigenvalue weighted by molar-refractivity contribution is 7.98. The predicted octanol–water partition coefficient (Wildman–Crippen LogP) is 3.35. The van der Waals surface area contributed by atoms with Gasteiger partial charge in [0.1, 0.15) is 5.75 Å². The number of benzene rings is 1. The van der Waals surface area contributed by atoms with E-state index in [1.807, 2.05) is 59.3 Å². The summed E-state index contributed by atoms with van der Waals surface area (Å²) in [6, 6.07) is 12.9.